The molecular weight excluding hydrogens is 365 g/mol. The Kier molecular flexibility index (Phi) is 7.87. The van der Waals surface area contributed by atoms with Crippen molar-refractivity contribution in [1.82, 2.24) is 15.5 Å². The SMILES string of the molecule is CCNC(=NCc1ccc(C(F)(F)F)cc1)NCc1ccccc1CN(C)C. The molecule has 7 heteroatoms. The van der Waals surface area contributed by atoms with Crippen LogP contribution in [0, 0.1) is 0 Å². The highest BCUT2D eigenvalue weighted by Gasteiger charge is 2.29. The lowest BCUT2D eigenvalue weighted by molar-refractivity contribution is -0.137. The third-order valence-electron chi connectivity index (χ3n) is 4.10. The standard InChI is InChI=1S/C21H27F3N4/c1-4-25-20(26-13-16-9-11-19(12-10-16)21(22,23)24)27-14-17-7-5-6-8-18(17)15-28(2)3/h5-12H,4,13-15H2,1-3H3,(H2,25,26,27). The van der Waals surface area contributed by atoms with E-state index in [4.69, 9.17) is 0 Å². The van der Waals surface area contributed by atoms with E-state index in [0.717, 1.165) is 24.2 Å². The molecule has 2 rings (SSSR count). The van der Waals surface area contributed by atoms with Crippen LogP contribution in [-0.2, 0) is 25.8 Å². The van der Waals surface area contributed by atoms with Gasteiger partial charge >= 0.3 is 6.18 Å². The fourth-order valence-electron chi connectivity index (χ4n) is 2.72. The number of rotatable bonds is 7. The number of nitrogens with zero attached hydrogens (tertiary/aromatic N) is 2. The van der Waals surface area contributed by atoms with Gasteiger partial charge in [0.1, 0.15) is 0 Å². The van der Waals surface area contributed by atoms with E-state index in [0.29, 0.717) is 25.6 Å². The zero-order valence-corrected chi connectivity index (χ0v) is 16.5. The van der Waals surface area contributed by atoms with Crippen molar-refractivity contribution >= 4 is 5.96 Å². The molecule has 0 aliphatic rings. The molecule has 0 spiro atoms. The molecule has 0 radical (unpaired) electrons. The predicted octanol–water partition coefficient (Wildman–Crippen LogP) is 4.02. The van der Waals surface area contributed by atoms with Gasteiger partial charge in [-0.15, -0.1) is 0 Å². The molecule has 0 aliphatic carbocycles. The van der Waals surface area contributed by atoms with Crippen molar-refractivity contribution in [2.24, 2.45) is 4.99 Å². The summed E-state index contributed by atoms with van der Waals surface area (Å²) in [7, 11) is 4.06. The van der Waals surface area contributed by atoms with Crippen LogP contribution in [0.4, 0.5) is 13.2 Å². The van der Waals surface area contributed by atoms with E-state index in [1.807, 2.05) is 33.2 Å². The van der Waals surface area contributed by atoms with Gasteiger partial charge in [-0.05, 0) is 49.8 Å². The molecule has 2 N–H and O–H groups in total. The molecule has 0 saturated carbocycles. The number of halogens is 3. The molecule has 28 heavy (non-hydrogen) atoms. The van der Waals surface area contributed by atoms with E-state index >= 15 is 0 Å². The molecular formula is C21H27F3N4. The fraction of sp³-hybridized carbons (Fsp3) is 0.381. The van der Waals surface area contributed by atoms with E-state index in [-0.39, 0.29) is 0 Å². The molecule has 0 aromatic heterocycles. The summed E-state index contributed by atoms with van der Waals surface area (Å²) in [4.78, 5) is 6.60. The highest BCUT2D eigenvalue weighted by molar-refractivity contribution is 5.79. The average molecular weight is 392 g/mol. The Labute approximate surface area is 164 Å². The van der Waals surface area contributed by atoms with Crippen LogP contribution in [-0.4, -0.2) is 31.5 Å². The maximum absolute atomic E-state index is 12.7. The topological polar surface area (TPSA) is 39.7 Å². The molecule has 0 saturated heterocycles. The summed E-state index contributed by atoms with van der Waals surface area (Å²) in [5, 5.41) is 6.46. The van der Waals surface area contributed by atoms with Gasteiger partial charge in [-0.1, -0.05) is 36.4 Å². The van der Waals surface area contributed by atoms with Crippen molar-refractivity contribution in [3.63, 3.8) is 0 Å². The Morgan fingerprint density at radius 2 is 1.61 bits per heavy atom. The number of hydrogen-bond donors (Lipinski definition) is 2. The lowest BCUT2D eigenvalue weighted by Crippen LogP contribution is -2.37. The number of hydrogen-bond acceptors (Lipinski definition) is 2. The first kappa shape index (κ1) is 21.8. The Hall–Kier alpha value is -2.54. The van der Waals surface area contributed by atoms with Gasteiger partial charge in [0, 0.05) is 19.6 Å². The van der Waals surface area contributed by atoms with Gasteiger partial charge in [0.25, 0.3) is 0 Å². The molecule has 2 aromatic carbocycles. The molecule has 0 amide bonds. The minimum atomic E-state index is -4.32. The quantitative estimate of drug-likeness (QED) is 0.552. The lowest BCUT2D eigenvalue weighted by atomic mass is 10.1. The van der Waals surface area contributed by atoms with Crippen LogP contribution in [0.25, 0.3) is 0 Å². The summed E-state index contributed by atoms with van der Waals surface area (Å²) in [6, 6.07) is 13.3. The van der Waals surface area contributed by atoms with Crippen LogP contribution in [0.2, 0.25) is 0 Å². The van der Waals surface area contributed by atoms with Crippen molar-refractivity contribution in [3.8, 4) is 0 Å². The summed E-state index contributed by atoms with van der Waals surface area (Å²) < 4.78 is 38.0. The first-order chi connectivity index (χ1) is 13.3. The largest absolute Gasteiger partial charge is 0.416 e. The van der Waals surface area contributed by atoms with Crippen molar-refractivity contribution in [1.29, 1.82) is 0 Å². The number of alkyl halides is 3. The monoisotopic (exact) mass is 392 g/mol. The minimum Gasteiger partial charge on any atom is -0.357 e. The fourth-order valence-corrected chi connectivity index (χ4v) is 2.72. The molecule has 4 nitrogen and oxygen atoms in total. The van der Waals surface area contributed by atoms with E-state index in [9.17, 15) is 13.2 Å². The van der Waals surface area contributed by atoms with E-state index in [1.54, 1.807) is 0 Å². The van der Waals surface area contributed by atoms with Crippen LogP contribution >= 0.6 is 0 Å². The van der Waals surface area contributed by atoms with Crippen LogP contribution in [0.5, 0.6) is 0 Å². The van der Waals surface area contributed by atoms with Crippen LogP contribution in [0.15, 0.2) is 53.5 Å². The number of aliphatic imine (C=N–C) groups is 1. The van der Waals surface area contributed by atoms with Gasteiger partial charge in [-0.2, -0.15) is 13.2 Å². The molecule has 0 unspecified atom stereocenters. The van der Waals surface area contributed by atoms with E-state index < -0.39 is 11.7 Å². The second kappa shape index (κ2) is 10.1. The zero-order chi connectivity index (χ0) is 20.6. The Balaban J connectivity index is 2.03. The van der Waals surface area contributed by atoms with Gasteiger partial charge < -0.3 is 15.5 Å². The van der Waals surface area contributed by atoms with Crippen LogP contribution in [0.1, 0.15) is 29.2 Å². The number of benzene rings is 2. The van der Waals surface area contributed by atoms with Crippen molar-refractivity contribution in [2.45, 2.75) is 32.7 Å². The smallest absolute Gasteiger partial charge is 0.357 e. The highest BCUT2D eigenvalue weighted by Crippen LogP contribution is 2.29. The summed E-state index contributed by atoms with van der Waals surface area (Å²) in [5.74, 6) is 0.627. The average Bonchev–Trinajstić information content (AvgIpc) is 2.64. The Morgan fingerprint density at radius 1 is 0.964 bits per heavy atom. The van der Waals surface area contributed by atoms with E-state index in [1.165, 1.54) is 23.3 Å². The van der Waals surface area contributed by atoms with Crippen molar-refractivity contribution in [2.75, 3.05) is 20.6 Å². The third kappa shape index (κ3) is 6.88. The van der Waals surface area contributed by atoms with E-state index in [2.05, 4.69) is 32.7 Å². The Morgan fingerprint density at radius 3 is 2.18 bits per heavy atom. The lowest BCUT2D eigenvalue weighted by Gasteiger charge is -2.16. The molecule has 0 fully saturated rings. The predicted molar refractivity (Wildman–Crippen MR) is 107 cm³/mol. The first-order valence-corrected chi connectivity index (χ1v) is 9.19. The minimum absolute atomic E-state index is 0.298. The molecule has 152 valence electrons. The molecule has 0 aliphatic heterocycles. The number of nitrogens with one attached hydrogen (secondary N) is 2. The Bertz CT molecular complexity index is 768. The normalized spacial score (nSPS) is 12.3. The van der Waals surface area contributed by atoms with Gasteiger partial charge in [0.15, 0.2) is 5.96 Å². The van der Waals surface area contributed by atoms with Gasteiger partial charge in [-0.3, -0.25) is 0 Å². The van der Waals surface area contributed by atoms with Gasteiger partial charge in [0.2, 0.25) is 0 Å². The van der Waals surface area contributed by atoms with Gasteiger partial charge in [-0.25, -0.2) is 4.99 Å². The van der Waals surface area contributed by atoms with Crippen molar-refractivity contribution in [3.05, 3.63) is 70.8 Å². The molecule has 0 heterocycles. The summed E-state index contributed by atoms with van der Waals surface area (Å²) in [5.41, 5.74) is 2.48. The van der Waals surface area contributed by atoms with Crippen molar-refractivity contribution < 1.29 is 13.2 Å². The van der Waals surface area contributed by atoms with Gasteiger partial charge in [0.05, 0.1) is 12.1 Å². The van der Waals surface area contributed by atoms with Crippen LogP contribution < -0.4 is 10.6 Å². The second-order valence-electron chi connectivity index (χ2n) is 6.75. The third-order valence-corrected chi connectivity index (χ3v) is 4.10. The molecule has 0 atom stereocenters. The maximum atomic E-state index is 12.7. The summed E-state index contributed by atoms with van der Waals surface area (Å²) in [6.45, 7) is 4.42. The molecule has 0 bridgehead atoms. The zero-order valence-electron chi connectivity index (χ0n) is 16.5. The summed E-state index contributed by atoms with van der Waals surface area (Å²) in [6.07, 6.45) is -4.32. The highest BCUT2D eigenvalue weighted by atomic mass is 19.4. The maximum Gasteiger partial charge on any atom is 0.416 e. The van der Waals surface area contributed by atoms with Crippen LogP contribution in [0.3, 0.4) is 0 Å². The number of guanidine groups is 1. The molecule has 2 aromatic rings. The second-order valence-corrected chi connectivity index (χ2v) is 6.75. The first-order valence-electron chi connectivity index (χ1n) is 9.19. The summed E-state index contributed by atoms with van der Waals surface area (Å²) >= 11 is 0.